The van der Waals surface area contributed by atoms with Gasteiger partial charge in [0, 0.05) is 24.7 Å². The summed E-state index contributed by atoms with van der Waals surface area (Å²) in [7, 11) is 1.44. The van der Waals surface area contributed by atoms with Crippen LogP contribution >= 0.6 is 0 Å². The number of alkyl halides is 3. The molecule has 4 nitrogen and oxygen atoms in total. The van der Waals surface area contributed by atoms with E-state index in [2.05, 4.69) is 9.94 Å². The summed E-state index contributed by atoms with van der Waals surface area (Å²) in [6.07, 6.45) is -3.12. The van der Waals surface area contributed by atoms with Crippen molar-refractivity contribution in [1.29, 1.82) is 0 Å². The van der Waals surface area contributed by atoms with E-state index in [-0.39, 0.29) is 12.2 Å². The average Bonchev–Trinajstić information content (AvgIpc) is 2.47. The minimum absolute atomic E-state index is 0.0226. The quantitative estimate of drug-likeness (QED) is 0.789. The Morgan fingerprint density at radius 3 is 2.67 bits per heavy atom. The van der Waals surface area contributed by atoms with E-state index in [1.807, 2.05) is 0 Å². The van der Waals surface area contributed by atoms with E-state index in [0.717, 1.165) is 4.68 Å². The maximum Gasteiger partial charge on any atom is 0.435 e. The Bertz CT molecular complexity index is 334. The van der Waals surface area contributed by atoms with Gasteiger partial charge in [-0.3, -0.25) is 4.68 Å². The molecule has 0 fully saturated rings. The van der Waals surface area contributed by atoms with Gasteiger partial charge in [-0.05, 0) is 0 Å². The Morgan fingerprint density at radius 2 is 2.20 bits per heavy atom. The number of halogens is 3. The van der Waals surface area contributed by atoms with Gasteiger partial charge in [-0.1, -0.05) is 6.92 Å². The molecule has 1 atom stereocenters. The van der Waals surface area contributed by atoms with Crippen LogP contribution in [0.15, 0.2) is 6.20 Å². The monoisotopic (exact) mass is 223 g/mol. The molecule has 0 saturated heterocycles. The zero-order valence-corrected chi connectivity index (χ0v) is 8.38. The van der Waals surface area contributed by atoms with Gasteiger partial charge in [-0.25, -0.2) is 5.90 Å². The lowest BCUT2D eigenvalue weighted by molar-refractivity contribution is -0.142. The summed E-state index contributed by atoms with van der Waals surface area (Å²) in [4.78, 5) is 4.33. The Labute approximate surface area is 84.8 Å². The van der Waals surface area contributed by atoms with Gasteiger partial charge in [0.1, 0.15) is 0 Å². The Balaban J connectivity index is 3.06. The topological polar surface area (TPSA) is 53.1 Å². The van der Waals surface area contributed by atoms with E-state index in [9.17, 15) is 13.2 Å². The normalized spacial score (nSPS) is 14.3. The highest BCUT2D eigenvalue weighted by atomic mass is 19.4. The van der Waals surface area contributed by atoms with Crippen molar-refractivity contribution < 1.29 is 18.0 Å². The van der Waals surface area contributed by atoms with Gasteiger partial charge in [-0.15, -0.1) is 0 Å². The lowest BCUT2D eigenvalue weighted by Gasteiger charge is -2.11. The van der Waals surface area contributed by atoms with Crippen molar-refractivity contribution in [3.05, 3.63) is 17.5 Å². The van der Waals surface area contributed by atoms with E-state index in [1.165, 1.54) is 13.2 Å². The highest BCUT2D eigenvalue weighted by Crippen LogP contribution is 2.33. The molecule has 0 radical (unpaired) electrons. The molecule has 1 aromatic heterocycles. The summed E-state index contributed by atoms with van der Waals surface area (Å²) in [6, 6.07) is 0. The molecular formula is C8H12F3N3O. The van der Waals surface area contributed by atoms with Crippen LogP contribution in [0, 0.1) is 0 Å². The van der Waals surface area contributed by atoms with Crippen LogP contribution in [0.2, 0.25) is 0 Å². The summed E-state index contributed by atoms with van der Waals surface area (Å²) in [5, 5.41) is 3.38. The van der Waals surface area contributed by atoms with Crippen molar-refractivity contribution in [2.45, 2.75) is 19.0 Å². The number of nitrogens with zero attached hydrogens (tertiary/aromatic N) is 2. The Hall–Kier alpha value is -1.08. The molecule has 0 spiro atoms. The lowest BCUT2D eigenvalue weighted by atomic mass is 10.0. The zero-order chi connectivity index (χ0) is 11.6. The fourth-order valence-electron chi connectivity index (χ4n) is 1.32. The van der Waals surface area contributed by atoms with Gasteiger partial charge in [0.25, 0.3) is 0 Å². The fourth-order valence-corrected chi connectivity index (χ4v) is 1.32. The molecule has 0 aliphatic heterocycles. The highest BCUT2D eigenvalue weighted by molar-refractivity contribution is 5.24. The van der Waals surface area contributed by atoms with Crippen LogP contribution in [-0.2, 0) is 18.1 Å². The molecule has 0 saturated carbocycles. The van der Waals surface area contributed by atoms with Crippen molar-refractivity contribution in [3.8, 4) is 0 Å². The van der Waals surface area contributed by atoms with Crippen LogP contribution in [0.1, 0.15) is 24.1 Å². The van der Waals surface area contributed by atoms with E-state index < -0.39 is 17.8 Å². The van der Waals surface area contributed by atoms with Gasteiger partial charge in [0.2, 0.25) is 0 Å². The van der Waals surface area contributed by atoms with Crippen molar-refractivity contribution in [2.75, 3.05) is 6.61 Å². The molecular weight excluding hydrogens is 211 g/mol. The van der Waals surface area contributed by atoms with Crippen LogP contribution in [0.25, 0.3) is 0 Å². The second-order valence-electron chi connectivity index (χ2n) is 3.34. The molecule has 0 aliphatic rings. The number of hydrogen-bond donors (Lipinski definition) is 1. The first-order chi connectivity index (χ1) is 6.86. The summed E-state index contributed by atoms with van der Waals surface area (Å²) in [5.74, 6) is 4.38. The third-order valence-corrected chi connectivity index (χ3v) is 2.00. The molecule has 0 bridgehead atoms. The van der Waals surface area contributed by atoms with E-state index in [4.69, 9.17) is 5.90 Å². The van der Waals surface area contributed by atoms with Crippen molar-refractivity contribution in [2.24, 2.45) is 12.9 Å². The molecule has 15 heavy (non-hydrogen) atoms. The number of aromatic nitrogens is 2. The molecule has 1 rings (SSSR count). The van der Waals surface area contributed by atoms with Gasteiger partial charge in [0.05, 0.1) is 6.61 Å². The first-order valence-electron chi connectivity index (χ1n) is 4.28. The number of aryl methyl sites for hydroxylation is 1. The molecule has 0 amide bonds. The summed E-state index contributed by atoms with van der Waals surface area (Å²) in [6.45, 7) is 1.62. The second kappa shape index (κ2) is 4.19. The van der Waals surface area contributed by atoms with Crippen LogP contribution in [0.3, 0.4) is 0 Å². The third-order valence-electron chi connectivity index (χ3n) is 2.00. The first-order valence-corrected chi connectivity index (χ1v) is 4.28. The maximum absolute atomic E-state index is 12.5. The molecule has 1 aromatic rings. The fraction of sp³-hybridized carbons (Fsp3) is 0.625. The molecule has 1 unspecified atom stereocenters. The lowest BCUT2D eigenvalue weighted by Crippen LogP contribution is -2.14. The van der Waals surface area contributed by atoms with Gasteiger partial charge in [-0.2, -0.15) is 18.3 Å². The predicted octanol–water partition coefficient (Wildman–Crippen LogP) is 1.43. The highest BCUT2D eigenvalue weighted by Gasteiger charge is 2.38. The van der Waals surface area contributed by atoms with E-state index in [1.54, 1.807) is 6.92 Å². The Morgan fingerprint density at radius 1 is 1.60 bits per heavy atom. The Kier molecular flexibility index (Phi) is 3.35. The summed E-state index contributed by atoms with van der Waals surface area (Å²) >= 11 is 0. The van der Waals surface area contributed by atoms with Crippen molar-refractivity contribution in [1.82, 2.24) is 9.78 Å². The minimum atomic E-state index is -4.44. The summed E-state index contributed by atoms with van der Waals surface area (Å²) in [5.41, 5.74) is -0.787. The van der Waals surface area contributed by atoms with Gasteiger partial charge in [0.15, 0.2) is 5.69 Å². The number of rotatable bonds is 3. The standard InChI is InChI=1S/C8H12F3N3O/c1-5(4-15-12)6-3-14(2)13-7(6)8(9,10)11/h3,5H,4,12H2,1-2H3. The predicted molar refractivity (Wildman–Crippen MR) is 46.8 cm³/mol. The molecule has 0 aromatic carbocycles. The van der Waals surface area contributed by atoms with Crippen LogP contribution in [0.4, 0.5) is 13.2 Å². The summed E-state index contributed by atoms with van der Waals surface area (Å²) < 4.78 is 38.7. The first kappa shape index (κ1) is 12.0. The van der Waals surface area contributed by atoms with Gasteiger partial charge < -0.3 is 4.84 Å². The van der Waals surface area contributed by atoms with E-state index in [0.29, 0.717) is 0 Å². The maximum atomic E-state index is 12.5. The largest absolute Gasteiger partial charge is 0.435 e. The average molecular weight is 223 g/mol. The van der Waals surface area contributed by atoms with Crippen LogP contribution in [-0.4, -0.2) is 16.4 Å². The van der Waals surface area contributed by atoms with Crippen molar-refractivity contribution in [3.63, 3.8) is 0 Å². The second-order valence-corrected chi connectivity index (χ2v) is 3.34. The molecule has 2 N–H and O–H groups in total. The smallest absolute Gasteiger partial charge is 0.304 e. The molecule has 86 valence electrons. The zero-order valence-electron chi connectivity index (χ0n) is 8.38. The number of hydrogen-bond acceptors (Lipinski definition) is 3. The third kappa shape index (κ3) is 2.69. The van der Waals surface area contributed by atoms with Crippen LogP contribution < -0.4 is 5.90 Å². The van der Waals surface area contributed by atoms with E-state index >= 15 is 0 Å². The van der Waals surface area contributed by atoms with Crippen molar-refractivity contribution >= 4 is 0 Å². The number of nitrogens with two attached hydrogens (primary N) is 1. The molecule has 1 heterocycles. The SMILES string of the molecule is CC(CON)c1cn(C)nc1C(F)(F)F. The minimum Gasteiger partial charge on any atom is -0.304 e. The van der Waals surface area contributed by atoms with Gasteiger partial charge >= 0.3 is 6.18 Å². The molecule has 0 aliphatic carbocycles. The van der Waals surface area contributed by atoms with Crippen LogP contribution in [0.5, 0.6) is 0 Å². The molecule has 7 heteroatoms.